The molecule has 0 N–H and O–H groups in total. The highest BCUT2D eigenvalue weighted by Gasteiger charge is 2.33. The molecule has 7 nitrogen and oxygen atoms in total. The minimum atomic E-state index is -0.209. The van der Waals surface area contributed by atoms with Crippen molar-refractivity contribution in [2.75, 3.05) is 20.0 Å². The summed E-state index contributed by atoms with van der Waals surface area (Å²) < 4.78 is 16.3. The van der Waals surface area contributed by atoms with E-state index < -0.39 is 0 Å². The first-order valence-electron chi connectivity index (χ1n) is 10.8. The topological polar surface area (TPSA) is 77.2 Å². The Kier molecular flexibility index (Phi) is 6.22. The van der Waals surface area contributed by atoms with Crippen LogP contribution in [0.3, 0.4) is 0 Å². The predicted octanol–water partition coefficient (Wildman–Crippen LogP) is 5.32. The molecule has 3 aromatic carbocycles. The lowest BCUT2D eigenvalue weighted by atomic mass is 9.98. The second kappa shape index (κ2) is 9.61. The SMILES string of the molecule is COc1ccc(C2=NN(C(=O)CSc3nc4ccccc4o3)C(c3ccc(OC)cc3)C2)cc1. The zero-order valence-electron chi connectivity index (χ0n) is 18.8. The lowest BCUT2D eigenvalue weighted by Gasteiger charge is -2.22. The minimum absolute atomic E-state index is 0.114. The highest BCUT2D eigenvalue weighted by Crippen LogP contribution is 2.35. The number of methoxy groups -OCH3 is 2. The molecule has 0 fully saturated rings. The molecule has 5 rings (SSSR count). The van der Waals surface area contributed by atoms with Gasteiger partial charge in [0.25, 0.3) is 11.1 Å². The number of carbonyl (C=O) groups is 1. The molecule has 0 saturated heterocycles. The first-order valence-corrected chi connectivity index (χ1v) is 11.8. The number of rotatable bonds is 7. The molecule has 1 aromatic heterocycles. The van der Waals surface area contributed by atoms with Gasteiger partial charge in [-0.15, -0.1) is 0 Å². The first kappa shape index (κ1) is 22.0. The molecule has 0 bridgehead atoms. The molecule has 8 heteroatoms. The molecule has 1 aliphatic heterocycles. The number of thioether (sulfide) groups is 1. The van der Waals surface area contributed by atoms with Crippen LogP contribution in [-0.4, -0.2) is 41.6 Å². The molecule has 172 valence electrons. The number of ether oxygens (including phenoxy) is 2. The predicted molar refractivity (Wildman–Crippen MR) is 131 cm³/mol. The van der Waals surface area contributed by atoms with Crippen LogP contribution in [0.25, 0.3) is 11.1 Å². The third-order valence-corrected chi connectivity index (χ3v) is 6.50. The molecule has 1 atom stereocenters. The van der Waals surface area contributed by atoms with Gasteiger partial charge in [-0.1, -0.05) is 36.0 Å². The molecule has 0 radical (unpaired) electrons. The molecule has 0 aliphatic carbocycles. The number of nitrogens with zero attached hydrogens (tertiary/aromatic N) is 3. The number of hydrazone groups is 1. The maximum atomic E-state index is 13.3. The van der Waals surface area contributed by atoms with E-state index in [2.05, 4.69) is 4.98 Å². The summed E-state index contributed by atoms with van der Waals surface area (Å²) in [5, 5.41) is 6.78. The van der Waals surface area contributed by atoms with Crippen molar-refractivity contribution < 1.29 is 18.7 Å². The van der Waals surface area contributed by atoms with Gasteiger partial charge >= 0.3 is 0 Å². The molecular formula is C26H23N3O4S. The van der Waals surface area contributed by atoms with Crippen LogP contribution < -0.4 is 9.47 Å². The number of hydrogen-bond acceptors (Lipinski definition) is 7. The molecular weight excluding hydrogens is 450 g/mol. The summed E-state index contributed by atoms with van der Waals surface area (Å²) >= 11 is 1.27. The van der Waals surface area contributed by atoms with Gasteiger partial charge in [-0.25, -0.2) is 9.99 Å². The number of oxazole rings is 1. The summed E-state index contributed by atoms with van der Waals surface area (Å²) in [6.07, 6.45) is 0.609. The van der Waals surface area contributed by atoms with E-state index >= 15 is 0 Å². The number of amides is 1. The number of hydrogen-bond donors (Lipinski definition) is 0. The van der Waals surface area contributed by atoms with Gasteiger partial charge in [0.1, 0.15) is 17.0 Å². The Bertz CT molecular complexity index is 1300. The van der Waals surface area contributed by atoms with Crippen molar-refractivity contribution >= 4 is 34.5 Å². The average Bonchev–Trinajstić information content (AvgIpc) is 3.52. The largest absolute Gasteiger partial charge is 0.497 e. The maximum absolute atomic E-state index is 13.3. The van der Waals surface area contributed by atoms with Gasteiger partial charge in [0.2, 0.25) is 0 Å². The van der Waals surface area contributed by atoms with Gasteiger partial charge in [0, 0.05) is 6.42 Å². The third-order valence-electron chi connectivity index (χ3n) is 5.68. The van der Waals surface area contributed by atoms with Crippen molar-refractivity contribution in [1.82, 2.24) is 9.99 Å². The standard InChI is InChI=1S/C26H23N3O4S/c1-31-19-11-7-17(8-12-19)22-15-23(18-9-13-20(32-2)14-10-18)29(28-22)25(30)16-34-26-27-21-5-3-4-6-24(21)33-26/h3-14,23H,15-16H2,1-2H3. The van der Waals surface area contributed by atoms with Crippen molar-refractivity contribution in [3.05, 3.63) is 83.9 Å². The van der Waals surface area contributed by atoms with Gasteiger partial charge in [-0.2, -0.15) is 5.10 Å². The molecule has 0 saturated carbocycles. The maximum Gasteiger partial charge on any atom is 0.257 e. The first-order chi connectivity index (χ1) is 16.6. The Hall–Kier alpha value is -3.78. The number of fused-ring (bicyclic) bond motifs is 1. The van der Waals surface area contributed by atoms with Crippen molar-refractivity contribution in [3.8, 4) is 11.5 Å². The van der Waals surface area contributed by atoms with Gasteiger partial charge in [-0.3, -0.25) is 4.79 Å². The summed E-state index contributed by atoms with van der Waals surface area (Å²) in [6, 6.07) is 22.8. The number of carbonyl (C=O) groups excluding carboxylic acids is 1. The van der Waals surface area contributed by atoms with Crippen LogP contribution in [-0.2, 0) is 4.79 Å². The second-order valence-electron chi connectivity index (χ2n) is 7.74. The van der Waals surface area contributed by atoms with Crippen LogP contribution in [0.4, 0.5) is 0 Å². The van der Waals surface area contributed by atoms with Crippen LogP contribution in [0.5, 0.6) is 11.5 Å². The fourth-order valence-corrected chi connectivity index (χ4v) is 4.58. The van der Waals surface area contributed by atoms with Gasteiger partial charge in [-0.05, 0) is 59.7 Å². The lowest BCUT2D eigenvalue weighted by molar-refractivity contribution is -0.130. The summed E-state index contributed by atoms with van der Waals surface area (Å²) in [7, 11) is 3.27. The highest BCUT2D eigenvalue weighted by molar-refractivity contribution is 7.99. The molecule has 2 heterocycles. The third kappa shape index (κ3) is 4.49. The van der Waals surface area contributed by atoms with Gasteiger partial charge in [0.15, 0.2) is 5.58 Å². The van der Waals surface area contributed by atoms with Gasteiger partial charge in [0.05, 0.1) is 31.7 Å². The van der Waals surface area contributed by atoms with Crippen LogP contribution in [0.15, 0.2) is 87.5 Å². The summed E-state index contributed by atoms with van der Waals surface area (Å²) in [4.78, 5) is 17.8. The van der Waals surface area contributed by atoms with Crippen molar-refractivity contribution in [2.24, 2.45) is 5.10 Å². The van der Waals surface area contributed by atoms with Crippen LogP contribution in [0.1, 0.15) is 23.6 Å². The summed E-state index contributed by atoms with van der Waals surface area (Å²) in [6.45, 7) is 0. The Morgan fingerprint density at radius 3 is 2.35 bits per heavy atom. The molecule has 1 amide bonds. The van der Waals surface area contributed by atoms with Crippen molar-refractivity contribution in [1.29, 1.82) is 0 Å². The molecule has 34 heavy (non-hydrogen) atoms. The Morgan fingerprint density at radius 2 is 1.68 bits per heavy atom. The quantitative estimate of drug-likeness (QED) is 0.338. The second-order valence-corrected chi connectivity index (χ2v) is 8.67. The molecule has 0 spiro atoms. The lowest BCUT2D eigenvalue weighted by Crippen LogP contribution is -2.28. The Balaban J connectivity index is 1.38. The summed E-state index contributed by atoms with van der Waals surface area (Å²) in [5.74, 6) is 1.59. The van der Waals surface area contributed by atoms with Crippen LogP contribution in [0.2, 0.25) is 0 Å². The van der Waals surface area contributed by atoms with E-state index in [1.165, 1.54) is 11.8 Å². The number of para-hydroxylation sites is 2. The average molecular weight is 474 g/mol. The van der Waals surface area contributed by atoms with Crippen LogP contribution in [0, 0.1) is 0 Å². The number of aromatic nitrogens is 1. The zero-order chi connectivity index (χ0) is 23.5. The highest BCUT2D eigenvalue weighted by atomic mass is 32.2. The normalized spacial score (nSPS) is 15.4. The van der Waals surface area contributed by atoms with E-state index in [0.29, 0.717) is 17.2 Å². The van der Waals surface area contributed by atoms with Crippen molar-refractivity contribution in [2.45, 2.75) is 17.7 Å². The molecule has 1 aliphatic rings. The fraction of sp³-hybridized carbons (Fsp3) is 0.192. The van der Waals surface area contributed by atoms with Gasteiger partial charge < -0.3 is 13.9 Å². The van der Waals surface area contributed by atoms with E-state index in [-0.39, 0.29) is 17.7 Å². The van der Waals surface area contributed by atoms with E-state index in [1.807, 2.05) is 72.8 Å². The number of benzene rings is 3. The van der Waals surface area contributed by atoms with Crippen molar-refractivity contribution in [3.63, 3.8) is 0 Å². The van der Waals surface area contributed by atoms with Crippen LogP contribution >= 0.6 is 11.8 Å². The van der Waals surface area contributed by atoms with E-state index in [1.54, 1.807) is 19.2 Å². The summed E-state index contributed by atoms with van der Waals surface area (Å²) in [5.41, 5.74) is 4.28. The van der Waals surface area contributed by atoms with E-state index in [0.717, 1.165) is 33.9 Å². The smallest absolute Gasteiger partial charge is 0.257 e. The Labute approximate surface area is 201 Å². The monoisotopic (exact) mass is 473 g/mol. The minimum Gasteiger partial charge on any atom is -0.497 e. The van der Waals surface area contributed by atoms with E-state index in [9.17, 15) is 4.79 Å². The molecule has 1 unspecified atom stereocenters. The fourth-order valence-electron chi connectivity index (χ4n) is 3.89. The Morgan fingerprint density at radius 1 is 1.00 bits per heavy atom. The zero-order valence-corrected chi connectivity index (χ0v) is 19.6. The van der Waals surface area contributed by atoms with E-state index in [4.69, 9.17) is 19.0 Å². The molecule has 4 aromatic rings.